The minimum absolute atomic E-state index is 0.129. The van der Waals surface area contributed by atoms with Crippen molar-refractivity contribution in [2.24, 2.45) is 0 Å². The van der Waals surface area contributed by atoms with E-state index >= 15 is 0 Å². The van der Waals surface area contributed by atoms with Crippen LogP contribution in [0.1, 0.15) is 0 Å². The van der Waals surface area contributed by atoms with Crippen LogP contribution < -0.4 is 5.32 Å². The molecule has 0 aliphatic rings. The molecule has 0 spiro atoms. The van der Waals surface area contributed by atoms with Crippen LogP contribution >= 0.6 is 35.0 Å². The zero-order chi connectivity index (χ0) is 16.7. The zero-order valence-electron chi connectivity index (χ0n) is 11.9. The highest BCUT2D eigenvalue weighted by Gasteiger charge is 2.12. The Hall–Kier alpha value is -1.69. The molecule has 0 saturated carbocycles. The number of anilines is 1. The number of ether oxygens (including phenoxy) is 1. The highest BCUT2D eigenvalue weighted by Crippen LogP contribution is 2.29. The minimum Gasteiger partial charge on any atom is -0.455 e. The highest BCUT2D eigenvalue weighted by molar-refractivity contribution is 8.00. The molecular weight excluding hydrogens is 357 g/mol. The summed E-state index contributed by atoms with van der Waals surface area (Å²) in [5.41, 5.74) is 0.301. The molecule has 2 aromatic rings. The number of nitrogens with one attached hydrogen (secondary N) is 1. The monoisotopic (exact) mass is 369 g/mol. The van der Waals surface area contributed by atoms with E-state index in [0.29, 0.717) is 15.7 Å². The van der Waals surface area contributed by atoms with Crippen molar-refractivity contribution in [3.05, 3.63) is 58.6 Å². The molecule has 0 bridgehead atoms. The maximum absolute atomic E-state index is 11.8. The highest BCUT2D eigenvalue weighted by atomic mass is 35.5. The van der Waals surface area contributed by atoms with E-state index in [1.54, 1.807) is 18.2 Å². The van der Waals surface area contributed by atoms with Gasteiger partial charge in [-0.25, -0.2) is 0 Å². The zero-order valence-corrected chi connectivity index (χ0v) is 14.3. The number of esters is 1. The number of rotatable bonds is 6. The van der Waals surface area contributed by atoms with Crippen molar-refractivity contribution in [2.75, 3.05) is 17.7 Å². The second kappa shape index (κ2) is 8.82. The molecule has 0 aromatic heterocycles. The Morgan fingerprint density at radius 3 is 2.30 bits per heavy atom. The second-order valence-electron chi connectivity index (χ2n) is 4.41. The summed E-state index contributed by atoms with van der Waals surface area (Å²) in [6.07, 6.45) is 0. The van der Waals surface area contributed by atoms with Crippen molar-refractivity contribution in [2.45, 2.75) is 4.90 Å². The third-order valence-electron chi connectivity index (χ3n) is 2.69. The van der Waals surface area contributed by atoms with Gasteiger partial charge in [0.1, 0.15) is 0 Å². The van der Waals surface area contributed by atoms with Gasteiger partial charge in [0.25, 0.3) is 5.91 Å². The third kappa shape index (κ3) is 5.78. The summed E-state index contributed by atoms with van der Waals surface area (Å²) in [4.78, 5) is 24.4. The lowest BCUT2D eigenvalue weighted by molar-refractivity contribution is -0.144. The van der Waals surface area contributed by atoms with Gasteiger partial charge >= 0.3 is 5.97 Å². The number of halogens is 2. The van der Waals surface area contributed by atoms with Gasteiger partial charge < -0.3 is 10.1 Å². The quantitative estimate of drug-likeness (QED) is 0.610. The summed E-state index contributed by atoms with van der Waals surface area (Å²) >= 11 is 13.2. The number of thioether (sulfide) groups is 1. The van der Waals surface area contributed by atoms with E-state index in [9.17, 15) is 9.59 Å². The van der Waals surface area contributed by atoms with Crippen LogP contribution in [0, 0.1) is 0 Å². The topological polar surface area (TPSA) is 55.4 Å². The largest absolute Gasteiger partial charge is 0.455 e. The van der Waals surface area contributed by atoms with Gasteiger partial charge in [-0.1, -0.05) is 47.5 Å². The molecule has 0 aliphatic heterocycles. The first kappa shape index (κ1) is 17.7. The van der Waals surface area contributed by atoms with Crippen LogP contribution in [-0.4, -0.2) is 24.2 Å². The molecule has 0 atom stereocenters. The molecule has 0 unspecified atom stereocenters. The van der Waals surface area contributed by atoms with Gasteiger partial charge in [-0.3, -0.25) is 9.59 Å². The normalized spacial score (nSPS) is 10.2. The summed E-state index contributed by atoms with van der Waals surface area (Å²) in [6.45, 7) is -0.393. The Labute approximate surface area is 148 Å². The minimum atomic E-state index is -0.502. The Balaban J connectivity index is 1.77. The first-order valence-corrected chi connectivity index (χ1v) is 8.38. The van der Waals surface area contributed by atoms with Gasteiger partial charge in [0.05, 0.1) is 21.5 Å². The van der Waals surface area contributed by atoms with E-state index in [1.165, 1.54) is 11.8 Å². The molecule has 2 aromatic carbocycles. The van der Waals surface area contributed by atoms with Gasteiger partial charge in [0.2, 0.25) is 0 Å². The molecule has 0 saturated heterocycles. The summed E-state index contributed by atoms with van der Waals surface area (Å²) in [6, 6.07) is 14.3. The second-order valence-corrected chi connectivity index (χ2v) is 6.27. The number of benzene rings is 2. The molecule has 0 aliphatic carbocycles. The number of hydrogen-bond donors (Lipinski definition) is 1. The SMILES string of the molecule is O=C(COC(=O)CSc1ccccc1)Nc1c(Cl)cccc1Cl. The summed E-state index contributed by atoms with van der Waals surface area (Å²) < 4.78 is 4.92. The van der Waals surface area contributed by atoms with Crippen molar-refractivity contribution < 1.29 is 14.3 Å². The lowest BCUT2D eigenvalue weighted by Crippen LogP contribution is -2.22. The number of amides is 1. The maximum atomic E-state index is 11.8. The van der Waals surface area contributed by atoms with E-state index < -0.39 is 18.5 Å². The Morgan fingerprint density at radius 1 is 1.00 bits per heavy atom. The van der Waals surface area contributed by atoms with Crippen molar-refractivity contribution in [3.63, 3.8) is 0 Å². The molecule has 2 rings (SSSR count). The van der Waals surface area contributed by atoms with E-state index in [-0.39, 0.29) is 5.75 Å². The van der Waals surface area contributed by atoms with Gasteiger partial charge in [0, 0.05) is 4.90 Å². The summed E-state index contributed by atoms with van der Waals surface area (Å²) in [7, 11) is 0. The van der Waals surface area contributed by atoms with E-state index in [2.05, 4.69) is 5.32 Å². The average molecular weight is 370 g/mol. The molecule has 7 heteroatoms. The lowest BCUT2D eigenvalue weighted by atomic mass is 10.3. The van der Waals surface area contributed by atoms with Crippen molar-refractivity contribution in [3.8, 4) is 0 Å². The van der Waals surface area contributed by atoms with Crippen molar-refractivity contribution >= 4 is 52.5 Å². The standard InChI is InChI=1S/C16H13Cl2NO3S/c17-12-7-4-8-13(18)16(12)19-14(20)9-22-15(21)10-23-11-5-2-1-3-6-11/h1-8H,9-10H2,(H,19,20). The van der Waals surface area contributed by atoms with Crippen LogP contribution in [-0.2, 0) is 14.3 Å². The van der Waals surface area contributed by atoms with Crippen LogP contribution in [0.15, 0.2) is 53.4 Å². The predicted molar refractivity (Wildman–Crippen MR) is 93.2 cm³/mol. The van der Waals surface area contributed by atoms with Crippen LogP contribution in [0.4, 0.5) is 5.69 Å². The van der Waals surface area contributed by atoms with Gasteiger partial charge in [-0.05, 0) is 24.3 Å². The fourth-order valence-corrected chi connectivity index (χ4v) is 2.85. The van der Waals surface area contributed by atoms with Gasteiger partial charge in [-0.2, -0.15) is 0 Å². The molecule has 4 nitrogen and oxygen atoms in total. The number of para-hydroxylation sites is 1. The van der Waals surface area contributed by atoms with Gasteiger partial charge in [-0.15, -0.1) is 11.8 Å². The Bertz CT molecular complexity index is 675. The maximum Gasteiger partial charge on any atom is 0.316 e. The third-order valence-corrected chi connectivity index (χ3v) is 4.31. The van der Waals surface area contributed by atoms with E-state index in [0.717, 1.165) is 4.90 Å². The Morgan fingerprint density at radius 2 is 1.65 bits per heavy atom. The summed E-state index contributed by atoms with van der Waals surface area (Å²) in [5.74, 6) is -0.846. The van der Waals surface area contributed by atoms with Crippen LogP contribution in [0.2, 0.25) is 10.0 Å². The van der Waals surface area contributed by atoms with E-state index in [1.807, 2.05) is 30.3 Å². The first-order chi connectivity index (χ1) is 11.1. The van der Waals surface area contributed by atoms with Crippen LogP contribution in [0.5, 0.6) is 0 Å². The first-order valence-electron chi connectivity index (χ1n) is 6.63. The predicted octanol–water partition coefficient (Wildman–Crippen LogP) is 4.27. The van der Waals surface area contributed by atoms with Crippen LogP contribution in [0.25, 0.3) is 0 Å². The number of hydrogen-bond acceptors (Lipinski definition) is 4. The molecule has 0 heterocycles. The fourth-order valence-electron chi connectivity index (χ4n) is 1.64. The Kier molecular flexibility index (Phi) is 6.77. The lowest BCUT2D eigenvalue weighted by Gasteiger charge is -2.09. The average Bonchev–Trinajstić information content (AvgIpc) is 2.55. The van der Waals surface area contributed by atoms with Crippen molar-refractivity contribution in [1.82, 2.24) is 0 Å². The van der Waals surface area contributed by atoms with Crippen LogP contribution in [0.3, 0.4) is 0 Å². The smallest absolute Gasteiger partial charge is 0.316 e. The molecule has 1 N–H and O–H groups in total. The fraction of sp³-hybridized carbons (Fsp3) is 0.125. The summed E-state index contributed by atoms with van der Waals surface area (Å²) in [5, 5.41) is 3.15. The molecule has 0 radical (unpaired) electrons. The molecule has 0 fully saturated rings. The molecule has 120 valence electrons. The number of carbonyl (C=O) groups excluding carboxylic acids is 2. The number of carbonyl (C=O) groups is 2. The van der Waals surface area contributed by atoms with Gasteiger partial charge in [0.15, 0.2) is 6.61 Å². The van der Waals surface area contributed by atoms with E-state index in [4.69, 9.17) is 27.9 Å². The molecular formula is C16H13Cl2NO3S. The molecule has 1 amide bonds. The van der Waals surface area contributed by atoms with Crippen molar-refractivity contribution in [1.29, 1.82) is 0 Å². The molecule has 23 heavy (non-hydrogen) atoms.